The second-order valence-corrected chi connectivity index (χ2v) is 10.9. The van der Waals surface area contributed by atoms with Gasteiger partial charge in [0, 0.05) is 24.5 Å². The number of hydrogen-bond acceptors (Lipinski definition) is 9. The quantitative estimate of drug-likeness (QED) is 0.230. The van der Waals surface area contributed by atoms with Gasteiger partial charge in [-0.1, -0.05) is 36.4 Å². The van der Waals surface area contributed by atoms with E-state index in [1.807, 2.05) is 67.6 Å². The Bertz CT molecular complexity index is 1510. The fraction of sp³-hybridized carbons (Fsp3) is 0.344. The van der Waals surface area contributed by atoms with Crippen molar-refractivity contribution in [2.45, 2.75) is 46.1 Å². The second kappa shape index (κ2) is 12.8. The molecule has 2 N–H and O–H groups in total. The van der Waals surface area contributed by atoms with Gasteiger partial charge in [0.1, 0.15) is 11.9 Å². The number of benzene rings is 2. The Morgan fingerprint density at radius 2 is 1.71 bits per heavy atom. The SMILES string of the molecule is CCOc1ccccc1O[C@@H]1CCCN(c2ccnc(Nc3nccc(-c4ccc(CC(C)(C)C(=O)O)cc4)n3)n2)C1. The first-order valence-corrected chi connectivity index (χ1v) is 14.2. The average Bonchev–Trinajstić information content (AvgIpc) is 2.99. The van der Waals surface area contributed by atoms with Crippen molar-refractivity contribution >= 4 is 23.7 Å². The fourth-order valence-electron chi connectivity index (χ4n) is 4.89. The third-order valence-electron chi connectivity index (χ3n) is 7.14. The number of hydrogen-bond donors (Lipinski definition) is 2. The van der Waals surface area contributed by atoms with Gasteiger partial charge in [-0.2, -0.15) is 4.98 Å². The zero-order valence-electron chi connectivity index (χ0n) is 24.2. The lowest BCUT2D eigenvalue weighted by Crippen LogP contribution is -2.41. The Morgan fingerprint density at radius 1 is 1.00 bits per heavy atom. The molecule has 0 spiro atoms. The number of aromatic nitrogens is 4. The summed E-state index contributed by atoms with van der Waals surface area (Å²) in [5.41, 5.74) is 1.75. The molecule has 0 bridgehead atoms. The van der Waals surface area contributed by atoms with Crippen LogP contribution < -0.4 is 19.7 Å². The first-order valence-electron chi connectivity index (χ1n) is 14.2. The van der Waals surface area contributed by atoms with Gasteiger partial charge in [-0.3, -0.25) is 10.1 Å². The first kappa shape index (κ1) is 28.8. The third kappa shape index (κ3) is 7.12. The van der Waals surface area contributed by atoms with E-state index in [0.717, 1.165) is 53.5 Å². The van der Waals surface area contributed by atoms with Crippen LogP contribution in [0.5, 0.6) is 11.5 Å². The van der Waals surface area contributed by atoms with Crippen molar-refractivity contribution < 1.29 is 19.4 Å². The number of nitrogens with one attached hydrogen (secondary N) is 1. The Kier molecular flexibility index (Phi) is 8.80. The van der Waals surface area contributed by atoms with Crippen molar-refractivity contribution in [3.05, 3.63) is 78.6 Å². The molecule has 4 aromatic rings. The highest BCUT2D eigenvalue weighted by molar-refractivity contribution is 5.74. The van der Waals surface area contributed by atoms with E-state index >= 15 is 0 Å². The fourth-order valence-corrected chi connectivity index (χ4v) is 4.89. The molecular weight excluding hydrogens is 532 g/mol. The third-order valence-corrected chi connectivity index (χ3v) is 7.14. The van der Waals surface area contributed by atoms with Crippen LogP contribution in [0.15, 0.2) is 73.1 Å². The molecule has 2 aromatic carbocycles. The molecule has 2 aromatic heterocycles. The summed E-state index contributed by atoms with van der Waals surface area (Å²) in [4.78, 5) is 31.8. The Hall–Kier alpha value is -4.73. The van der Waals surface area contributed by atoms with Crippen LogP contribution in [0.4, 0.5) is 17.7 Å². The molecule has 218 valence electrons. The molecule has 1 fully saturated rings. The van der Waals surface area contributed by atoms with Crippen molar-refractivity contribution in [3.63, 3.8) is 0 Å². The van der Waals surface area contributed by atoms with Crippen LogP contribution >= 0.6 is 0 Å². The maximum Gasteiger partial charge on any atom is 0.309 e. The number of rotatable bonds is 11. The second-order valence-electron chi connectivity index (χ2n) is 10.9. The minimum atomic E-state index is -0.834. The summed E-state index contributed by atoms with van der Waals surface area (Å²) in [7, 11) is 0. The lowest BCUT2D eigenvalue weighted by atomic mass is 9.86. The van der Waals surface area contributed by atoms with E-state index in [9.17, 15) is 9.90 Å². The van der Waals surface area contributed by atoms with Crippen LogP contribution in [-0.4, -0.2) is 56.8 Å². The van der Waals surface area contributed by atoms with Gasteiger partial charge in [0.25, 0.3) is 0 Å². The van der Waals surface area contributed by atoms with Gasteiger partial charge in [-0.25, -0.2) is 15.0 Å². The number of para-hydroxylation sites is 2. The summed E-state index contributed by atoms with van der Waals surface area (Å²) in [5.74, 6) is 2.28. The summed E-state index contributed by atoms with van der Waals surface area (Å²) >= 11 is 0. The minimum Gasteiger partial charge on any atom is -0.490 e. The molecule has 1 saturated heterocycles. The van der Waals surface area contributed by atoms with Crippen LogP contribution in [-0.2, 0) is 11.2 Å². The molecule has 0 saturated carbocycles. The van der Waals surface area contributed by atoms with Crippen molar-refractivity contribution in [1.29, 1.82) is 0 Å². The highest BCUT2D eigenvalue weighted by Gasteiger charge is 2.27. The zero-order chi connectivity index (χ0) is 29.5. The number of nitrogens with zero attached hydrogens (tertiary/aromatic N) is 5. The molecule has 0 amide bonds. The predicted molar refractivity (Wildman–Crippen MR) is 161 cm³/mol. The minimum absolute atomic E-state index is 0.00772. The number of carboxylic acids is 1. The highest BCUT2D eigenvalue weighted by Crippen LogP contribution is 2.30. The Labute approximate surface area is 245 Å². The molecule has 0 radical (unpaired) electrons. The topological polar surface area (TPSA) is 123 Å². The van der Waals surface area contributed by atoms with Gasteiger partial charge in [0.15, 0.2) is 11.5 Å². The van der Waals surface area contributed by atoms with E-state index in [0.29, 0.717) is 31.5 Å². The van der Waals surface area contributed by atoms with E-state index in [-0.39, 0.29) is 6.10 Å². The molecule has 1 aliphatic rings. The van der Waals surface area contributed by atoms with E-state index < -0.39 is 11.4 Å². The van der Waals surface area contributed by atoms with Gasteiger partial charge >= 0.3 is 5.97 Å². The summed E-state index contributed by atoms with van der Waals surface area (Å²) in [6, 6.07) is 19.3. The number of piperidine rings is 1. The molecule has 3 heterocycles. The Morgan fingerprint density at radius 3 is 2.45 bits per heavy atom. The molecule has 1 aliphatic heterocycles. The van der Waals surface area contributed by atoms with Gasteiger partial charge in [0.05, 0.1) is 24.3 Å². The van der Waals surface area contributed by atoms with Crippen molar-refractivity contribution in [1.82, 2.24) is 19.9 Å². The summed E-state index contributed by atoms with van der Waals surface area (Å²) in [5, 5.41) is 12.6. The first-order chi connectivity index (χ1) is 20.3. The van der Waals surface area contributed by atoms with Gasteiger partial charge in [-0.05, 0) is 69.9 Å². The molecule has 42 heavy (non-hydrogen) atoms. The van der Waals surface area contributed by atoms with Crippen LogP contribution in [0.3, 0.4) is 0 Å². The zero-order valence-corrected chi connectivity index (χ0v) is 24.2. The van der Waals surface area contributed by atoms with E-state index in [2.05, 4.69) is 25.2 Å². The van der Waals surface area contributed by atoms with E-state index in [1.54, 1.807) is 26.2 Å². The molecule has 10 nitrogen and oxygen atoms in total. The summed E-state index contributed by atoms with van der Waals surface area (Å²) in [6.45, 7) is 7.56. The number of anilines is 3. The van der Waals surface area contributed by atoms with E-state index in [1.165, 1.54) is 0 Å². The van der Waals surface area contributed by atoms with Crippen LogP contribution in [0.25, 0.3) is 11.3 Å². The maximum absolute atomic E-state index is 11.5. The lowest BCUT2D eigenvalue weighted by Gasteiger charge is -2.34. The maximum atomic E-state index is 11.5. The predicted octanol–water partition coefficient (Wildman–Crippen LogP) is 5.78. The number of carbonyl (C=O) groups is 1. The summed E-state index contributed by atoms with van der Waals surface area (Å²) in [6.07, 6.45) is 5.78. The number of aliphatic carboxylic acids is 1. The number of ether oxygens (including phenoxy) is 2. The molecule has 5 rings (SSSR count). The van der Waals surface area contributed by atoms with Gasteiger partial charge in [-0.15, -0.1) is 0 Å². The van der Waals surface area contributed by atoms with Crippen LogP contribution in [0, 0.1) is 5.41 Å². The lowest BCUT2D eigenvalue weighted by molar-refractivity contribution is -0.146. The molecule has 0 aliphatic carbocycles. The summed E-state index contributed by atoms with van der Waals surface area (Å²) < 4.78 is 12.1. The average molecular weight is 569 g/mol. The molecule has 0 unspecified atom stereocenters. The van der Waals surface area contributed by atoms with Crippen molar-refractivity contribution in [2.75, 3.05) is 29.9 Å². The largest absolute Gasteiger partial charge is 0.490 e. The van der Waals surface area contributed by atoms with Gasteiger partial charge in [0.2, 0.25) is 11.9 Å². The van der Waals surface area contributed by atoms with Gasteiger partial charge < -0.3 is 19.5 Å². The van der Waals surface area contributed by atoms with E-state index in [4.69, 9.17) is 14.5 Å². The Balaban J connectivity index is 1.25. The van der Waals surface area contributed by atoms with Crippen LogP contribution in [0.1, 0.15) is 39.2 Å². The standard InChI is InChI=1S/C32H36N6O4/c1-4-41-26-9-5-6-10-27(26)42-24-8-7-19-38(21-24)28-16-18-34-31(36-28)37-30-33-17-15-25(35-30)23-13-11-22(12-14-23)20-32(2,3)29(39)40/h5-6,9-18,24H,4,7-8,19-21H2,1-3H3,(H,39,40)(H,33,34,35,36,37)/t24-/m1/s1. The van der Waals surface area contributed by atoms with Crippen molar-refractivity contribution in [2.24, 2.45) is 5.41 Å². The highest BCUT2D eigenvalue weighted by atomic mass is 16.5. The smallest absolute Gasteiger partial charge is 0.309 e. The molecule has 1 atom stereocenters. The molecular formula is C32H36N6O4. The van der Waals surface area contributed by atoms with Crippen LogP contribution in [0.2, 0.25) is 0 Å². The monoisotopic (exact) mass is 568 g/mol. The normalized spacial score (nSPS) is 15.2. The van der Waals surface area contributed by atoms with Crippen molar-refractivity contribution in [3.8, 4) is 22.8 Å². The number of carboxylic acid groups (broad SMARTS) is 1. The molecule has 10 heteroatoms.